The van der Waals surface area contributed by atoms with Crippen molar-refractivity contribution in [3.63, 3.8) is 0 Å². The van der Waals surface area contributed by atoms with Crippen LogP contribution in [-0.4, -0.2) is 17.1 Å². The smallest absolute Gasteiger partial charge is 0.326 e. The molecule has 2 N–H and O–H groups in total. The Hall–Kier alpha value is -0.930. The summed E-state index contributed by atoms with van der Waals surface area (Å²) in [6.45, 7) is 1.92. The lowest BCUT2D eigenvalue weighted by Crippen LogP contribution is -2.29. The Kier molecular flexibility index (Phi) is 4.90. The van der Waals surface area contributed by atoms with Crippen molar-refractivity contribution in [3.8, 4) is 0 Å². The molecule has 1 aromatic rings. The van der Waals surface area contributed by atoms with Crippen molar-refractivity contribution in [1.29, 1.82) is 0 Å². The predicted molar refractivity (Wildman–Crippen MR) is 66.4 cm³/mol. The van der Waals surface area contributed by atoms with Crippen LogP contribution < -0.4 is 5.32 Å². The van der Waals surface area contributed by atoms with Crippen molar-refractivity contribution in [1.82, 2.24) is 0 Å². The van der Waals surface area contributed by atoms with E-state index in [1.165, 1.54) is 0 Å². The molecule has 88 valence electrons. The standard InChI is InChI=1S/C11H13Cl2NO2/c1-2-4-9(11(15)16)14-10-7(12)5-3-6-8(10)13/h3,5-6,9,14H,2,4H2,1H3,(H,15,16). The number of rotatable bonds is 5. The maximum Gasteiger partial charge on any atom is 0.326 e. The molecule has 16 heavy (non-hydrogen) atoms. The van der Waals surface area contributed by atoms with Crippen LogP contribution in [0.5, 0.6) is 0 Å². The molecule has 0 radical (unpaired) electrons. The van der Waals surface area contributed by atoms with Gasteiger partial charge in [-0.2, -0.15) is 0 Å². The van der Waals surface area contributed by atoms with Crippen LogP contribution in [0.25, 0.3) is 0 Å². The lowest BCUT2D eigenvalue weighted by atomic mass is 10.1. The van der Waals surface area contributed by atoms with E-state index in [1.54, 1.807) is 18.2 Å². The molecule has 1 aromatic carbocycles. The van der Waals surface area contributed by atoms with Gasteiger partial charge in [0.2, 0.25) is 0 Å². The fourth-order valence-corrected chi connectivity index (χ4v) is 1.86. The molecular weight excluding hydrogens is 249 g/mol. The van der Waals surface area contributed by atoms with Crippen molar-refractivity contribution >= 4 is 34.9 Å². The molecule has 0 saturated carbocycles. The lowest BCUT2D eigenvalue weighted by Gasteiger charge is -2.16. The third kappa shape index (κ3) is 3.29. The first kappa shape index (κ1) is 13.1. The maximum atomic E-state index is 11.0. The van der Waals surface area contributed by atoms with Gasteiger partial charge in [-0.15, -0.1) is 0 Å². The zero-order chi connectivity index (χ0) is 12.1. The molecule has 0 bridgehead atoms. The number of carbonyl (C=O) groups is 1. The van der Waals surface area contributed by atoms with E-state index >= 15 is 0 Å². The van der Waals surface area contributed by atoms with Crippen LogP contribution in [0.2, 0.25) is 10.0 Å². The first-order chi connectivity index (χ1) is 7.56. The zero-order valence-corrected chi connectivity index (χ0v) is 10.3. The average molecular weight is 262 g/mol. The second-order valence-electron chi connectivity index (χ2n) is 3.42. The molecule has 0 saturated heterocycles. The number of halogens is 2. The van der Waals surface area contributed by atoms with E-state index in [1.807, 2.05) is 6.92 Å². The quantitative estimate of drug-likeness (QED) is 0.851. The summed E-state index contributed by atoms with van der Waals surface area (Å²) in [4.78, 5) is 11.0. The summed E-state index contributed by atoms with van der Waals surface area (Å²) in [7, 11) is 0. The summed E-state index contributed by atoms with van der Waals surface area (Å²) in [5, 5.41) is 12.7. The van der Waals surface area contributed by atoms with E-state index < -0.39 is 12.0 Å². The van der Waals surface area contributed by atoms with Crippen LogP contribution in [0, 0.1) is 0 Å². The molecule has 0 aromatic heterocycles. The van der Waals surface area contributed by atoms with Gasteiger partial charge in [-0.1, -0.05) is 42.6 Å². The van der Waals surface area contributed by atoms with Crippen molar-refractivity contribution in [2.75, 3.05) is 5.32 Å². The molecular formula is C11H13Cl2NO2. The Morgan fingerprint density at radius 2 is 2.00 bits per heavy atom. The normalized spacial score (nSPS) is 12.2. The Labute approximate surface area is 104 Å². The Bertz CT molecular complexity index is 362. The largest absolute Gasteiger partial charge is 0.480 e. The number of hydrogen-bond donors (Lipinski definition) is 2. The highest BCUT2D eigenvalue weighted by Crippen LogP contribution is 2.30. The Morgan fingerprint density at radius 1 is 1.44 bits per heavy atom. The van der Waals surface area contributed by atoms with E-state index in [4.69, 9.17) is 28.3 Å². The first-order valence-electron chi connectivity index (χ1n) is 4.99. The molecule has 0 aliphatic heterocycles. The van der Waals surface area contributed by atoms with Gasteiger partial charge in [0.25, 0.3) is 0 Å². The number of para-hydroxylation sites is 1. The van der Waals surface area contributed by atoms with Crippen molar-refractivity contribution in [2.24, 2.45) is 0 Å². The monoisotopic (exact) mass is 261 g/mol. The third-order valence-electron chi connectivity index (χ3n) is 2.16. The lowest BCUT2D eigenvalue weighted by molar-refractivity contribution is -0.138. The summed E-state index contributed by atoms with van der Waals surface area (Å²) < 4.78 is 0. The van der Waals surface area contributed by atoms with E-state index in [0.717, 1.165) is 6.42 Å². The minimum atomic E-state index is -0.905. The number of aliphatic carboxylic acids is 1. The fraction of sp³-hybridized carbons (Fsp3) is 0.364. The molecule has 0 aliphatic rings. The SMILES string of the molecule is CCCC(Nc1c(Cl)cccc1Cl)C(=O)O. The zero-order valence-electron chi connectivity index (χ0n) is 8.84. The van der Waals surface area contributed by atoms with Gasteiger partial charge in [0.15, 0.2) is 0 Å². The van der Waals surface area contributed by atoms with Crippen LogP contribution >= 0.6 is 23.2 Å². The van der Waals surface area contributed by atoms with E-state index in [9.17, 15) is 4.79 Å². The van der Waals surface area contributed by atoms with E-state index in [2.05, 4.69) is 5.32 Å². The highest BCUT2D eigenvalue weighted by Gasteiger charge is 2.18. The minimum absolute atomic E-state index is 0.426. The molecule has 1 unspecified atom stereocenters. The van der Waals surface area contributed by atoms with Crippen LogP contribution in [0.15, 0.2) is 18.2 Å². The Balaban J connectivity index is 2.89. The summed E-state index contributed by atoms with van der Waals surface area (Å²) in [6, 6.07) is 4.38. The minimum Gasteiger partial charge on any atom is -0.480 e. The number of carboxylic acid groups (broad SMARTS) is 1. The van der Waals surface area contributed by atoms with Gasteiger partial charge in [-0.05, 0) is 18.6 Å². The third-order valence-corrected chi connectivity index (χ3v) is 2.79. The number of benzene rings is 1. The summed E-state index contributed by atoms with van der Waals surface area (Å²) >= 11 is 11.9. The highest BCUT2D eigenvalue weighted by atomic mass is 35.5. The highest BCUT2D eigenvalue weighted by molar-refractivity contribution is 6.39. The average Bonchev–Trinajstić information content (AvgIpc) is 2.21. The number of nitrogens with one attached hydrogen (secondary N) is 1. The van der Waals surface area contributed by atoms with Crippen LogP contribution in [0.4, 0.5) is 5.69 Å². The summed E-state index contributed by atoms with van der Waals surface area (Å²) in [5.41, 5.74) is 0.478. The molecule has 1 atom stereocenters. The molecule has 0 spiro atoms. The van der Waals surface area contributed by atoms with Gasteiger partial charge < -0.3 is 10.4 Å². The molecule has 1 rings (SSSR count). The van der Waals surface area contributed by atoms with E-state index in [0.29, 0.717) is 22.2 Å². The predicted octanol–water partition coefficient (Wildman–Crippen LogP) is 3.66. The van der Waals surface area contributed by atoms with Crippen molar-refractivity contribution < 1.29 is 9.90 Å². The molecule has 5 heteroatoms. The Morgan fingerprint density at radius 3 is 2.44 bits per heavy atom. The van der Waals surface area contributed by atoms with Gasteiger partial charge in [-0.3, -0.25) is 0 Å². The van der Waals surface area contributed by atoms with Crippen molar-refractivity contribution in [2.45, 2.75) is 25.8 Å². The number of anilines is 1. The molecule has 0 heterocycles. The van der Waals surface area contributed by atoms with Gasteiger partial charge in [-0.25, -0.2) is 4.79 Å². The number of hydrogen-bond acceptors (Lipinski definition) is 2. The summed E-state index contributed by atoms with van der Waals surface area (Å²) in [5.74, 6) is -0.905. The second kappa shape index (κ2) is 5.97. The second-order valence-corrected chi connectivity index (χ2v) is 4.23. The van der Waals surface area contributed by atoms with Gasteiger partial charge >= 0.3 is 5.97 Å². The van der Waals surface area contributed by atoms with Crippen molar-refractivity contribution in [3.05, 3.63) is 28.2 Å². The van der Waals surface area contributed by atoms with Gasteiger partial charge in [0.05, 0.1) is 15.7 Å². The maximum absolute atomic E-state index is 11.0. The number of carboxylic acids is 1. The van der Waals surface area contributed by atoms with Crippen LogP contribution in [0.3, 0.4) is 0 Å². The van der Waals surface area contributed by atoms with Gasteiger partial charge in [0.1, 0.15) is 6.04 Å². The summed E-state index contributed by atoms with van der Waals surface area (Å²) in [6.07, 6.45) is 1.29. The molecule has 0 fully saturated rings. The molecule has 0 amide bonds. The van der Waals surface area contributed by atoms with Gasteiger partial charge in [0, 0.05) is 0 Å². The first-order valence-corrected chi connectivity index (χ1v) is 5.75. The van der Waals surface area contributed by atoms with Crippen LogP contribution in [0.1, 0.15) is 19.8 Å². The molecule has 3 nitrogen and oxygen atoms in total. The fourth-order valence-electron chi connectivity index (χ4n) is 1.36. The van der Waals surface area contributed by atoms with Crippen LogP contribution in [-0.2, 0) is 4.79 Å². The topological polar surface area (TPSA) is 49.3 Å². The molecule has 0 aliphatic carbocycles. The van der Waals surface area contributed by atoms with E-state index in [-0.39, 0.29) is 0 Å².